The van der Waals surface area contributed by atoms with Crippen molar-refractivity contribution in [2.45, 2.75) is 40.5 Å². The molecule has 0 atom stereocenters. The summed E-state index contributed by atoms with van der Waals surface area (Å²) in [5, 5.41) is 21.4. The lowest BCUT2D eigenvalue weighted by atomic mass is 10.1. The number of anilines is 1. The third-order valence-electron chi connectivity index (χ3n) is 3.21. The second-order valence-electron chi connectivity index (χ2n) is 6.27. The average molecular weight is 319 g/mol. The van der Waals surface area contributed by atoms with Gasteiger partial charge in [-0.2, -0.15) is 10.2 Å². The topological polar surface area (TPSA) is 93.4 Å². The van der Waals surface area contributed by atoms with Crippen LogP contribution in [0, 0.1) is 23.2 Å². The van der Waals surface area contributed by atoms with Crippen LogP contribution in [0.5, 0.6) is 0 Å². The maximum atomic E-state index is 11.7. The van der Waals surface area contributed by atoms with E-state index in [0.717, 1.165) is 12.8 Å². The van der Waals surface area contributed by atoms with Crippen LogP contribution in [0.1, 0.15) is 46.4 Å². The molecule has 0 radical (unpaired) electrons. The van der Waals surface area contributed by atoms with Gasteiger partial charge in [0.05, 0.1) is 0 Å². The SMILES string of the molecule is CC(C)CCCN(C(=O)O)N(CC(C)C)c1ccnc(C#N)n1. The monoisotopic (exact) mass is 319 g/mol. The van der Waals surface area contributed by atoms with Crippen LogP contribution in [0.4, 0.5) is 10.6 Å². The van der Waals surface area contributed by atoms with E-state index >= 15 is 0 Å². The van der Waals surface area contributed by atoms with Gasteiger partial charge >= 0.3 is 6.09 Å². The molecule has 0 unspecified atom stereocenters. The van der Waals surface area contributed by atoms with Crippen LogP contribution >= 0.6 is 0 Å². The van der Waals surface area contributed by atoms with Crippen LogP contribution in [0.3, 0.4) is 0 Å². The fourth-order valence-corrected chi connectivity index (χ4v) is 2.18. The van der Waals surface area contributed by atoms with E-state index in [9.17, 15) is 9.90 Å². The lowest BCUT2D eigenvalue weighted by Crippen LogP contribution is -2.48. The Kier molecular flexibility index (Phi) is 7.26. The number of nitriles is 1. The summed E-state index contributed by atoms with van der Waals surface area (Å²) in [6, 6.07) is 3.51. The van der Waals surface area contributed by atoms with Gasteiger partial charge in [0, 0.05) is 25.4 Å². The Morgan fingerprint density at radius 3 is 2.57 bits per heavy atom. The number of hydrogen-bond acceptors (Lipinski definition) is 5. The molecule has 1 heterocycles. The molecule has 1 N–H and O–H groups in total. The van der Waals surface area contributed by atoms with Gasteiger partial charge in [-0.3, -0.25) is 5.01 Å². The second kappa shape index (κ2) is 8.93. The Hall–Kier alpha value is -2.36. The van der Waals surface area contributed by atoms with Gasteiger partial charge in [0.15, 0.2) is 5.82 Å². The molecule has 7 heteroatoms. The zero-order chi connectivity index (χ0) is 17.4. The van der Waals surface area contributed by atoms with E-state index in [1.165, 1.54) is 11.2 Å². The van der Waals surface area contributed by atoms with Crippen molar-refractivity contribution < 1.29 is 9.90 Å². The molecule has 7 nitrogen and oxygen atoms in total. The zero-order valence-corrected chi connectivity index (χ0v) is 14.2. The molecule has 0 bridgehead atoms. The smallest absolute Gasteiger partial charge is 0.426 e. The predicted molar refractivity (Wildman–Crippen MR) is 87.7 cm³/mol. The number of rotatable bonds is 8. The number of carbonyl (C=O) groups is 1. The summed E-state index contributed by atoms with van der Waals surface area (Å²) in [7, 11) is 0. The van der Waals surface area contributed by atoms with Crippen molar-refractivity contribution in [3.8, 4) is 6.07 Å². The number of hydrogen-bond donors (Lipinski definition) is 1. The molecule has 0 saturated heterocycles. The summed E-state index contributed by atoms with van der Waals surface area (Å²) in [5.74, 6) is 1.22. The van der Waals surface area contributed by atoms with Crippen LogP contribution in [0.2, 0.25) is 0 Å². The van der Waals surface area contributed by atoms with Crippen molar-refractivity contribution in [1.29, 1.82) is 5.26 Å². The lowest BCUT2D eigenvalue weighted by Gasteiger charge is -2.35. The summed E-state index contributed by atoms with van der Waals surface area (Å²) < 4.78 is 0. The Bertz CT molecular complexity index is 554. The molecule has 0 fully saturated rings. The molecule has 0 aromatic carbocycles. The maximum absolute atomic E-state index is 11.7. The van der Waals surface area contributed by atoms with Gasteiger partial charge in [0.1, 0.15) is 6.07 Å². The largest absolute Gasteiger partial charge is 0.464 e. The highest BCUT2D eigenvalue weighted by atomic mass is 16.4. The molecule has 1 rings (SSSR count). The van der Waals surface area contributed by atoms with Crippen molar-refractivity contribution in [1.82, 2.24) is 15.0 Å². The highest BCUT2D eigenvalue weighted by Crippen LogP contribution is 2.17. The molecule has 0 aliphatic heterocycles. The van der Waals surface area contributed by atoms with Gasteiger partial charge in [-0.1, -0.05) is 27.7 Å². The third kappa shape index (κ3) is 6.10. The first-order valence-electron chi connectivity index (χ1n) is 7.86. The van der Waals surface area contributed by atoms with Crippen molar-refractivity contribution >= 4 is 11.9 Å². The van der Waals surface area contributed by atoms with Gasteiger partial charge in [-0.15, -0.1) is 0 Å². The van der Waals surface area contributed by atoms with Crippen LogP contribution in [-0.2, 0) is 0 Å². The van der Waals surface area contributed by atoms with Crippen LogP contribution in [0.25, 0.3) is 0 Å². The summed E-state index contributed by atoms with van der Waals surface area (Å²) in [5.41, 5.74) is 0. The third-order valence-corrected chi connectivity index (χ3v) is 3.21. The van der Waals surface area contributed by atoms with E-state index in [1.807, 2.05) is 19.9 Å². The molecule has 0 aliphatic rings. The molecule has 0 spiro atoms. The Morgan fingerprint density at radius 2 is 2.04 bits per heavy atom. The summed E-state index contributed by atoms with van der Waals surface area (Å²) in [6.45, 7) is 9.13. The van der Waals surface area contributed by atoms with Crippen molar-refractivity contribution in [2.75, 3.05) is 18.1 Å². The number of amides is 1. The fraction of sp³-hybridized carbons (Fsp3) is 0.625. The average Bonchev–Trinajstić information content (AvgIpc) is 2.49. The molecule has 1 amide bonds. The minimum absolute atomic E-state index is 0.0313. The number of aromatic nitrogens is 2. The summed E-state index contributed by atoms with van der Waals surface area (Å²) in [6.07, 6.45) is 2.18. The van der Waals surface area contributed by atoms with Gasteiger partial charge in [-0.05, 0) is 24.7 Å². The quantitative estimate of drug-likeness (QED) is 0.740. The number of hydrazine groups is 1. The van der Waals surface area contributed by atoms with Crippen LogP contribution in [-0.4, -0.2) is 39.3 Å². The highest BCUT2D eigenvalue weighted by Gasteiger charge is 2.23. The van der Waals surface area contributed by atoms with E-state index in [2.05, 4.69) is 23.8 Å². The standard InChI is InChI=1S/C16H25N5O2/c1-12(2)6-5-9-20(16(22)23)21(11-13(3)4)15-7-8-18-14(10-17)19-15/h7-8,12-13H,5-6,9,11H2,1-4H3,(H,22,23). The second-order valence-corrected chi connectivity index (χ2v) is 6.27. The van der Waals surface area contributed by atoms with Crippen LogP contribution in [0.15, 0.2) is 12.3 Å². The zero-order valence-electron chi connectivity index (χ0n) is 14.2. The van der Waals surface area contributed by atoms with E-state index in [1.54, 1.807) is 11.1 Å². The van der Waals surface area contributed by atoms with Crippen molar-refractivity contribution in [3.05, 3.63) is 18.1 Å². The first-order valence-corrected chi connectivity index (χ1v) is 7.86. The van der Waals surface area contributed by atoms with E-state index < -0.39 is 6.09 Å². The molecule has 1 aromatic heterocycles. The van der Waals surface area contributed by atoms with E-state index in [-0.39, 0.29) is 11.7 Å². The highest BCUT2D eigenvalue weighted by molar-refractivity contribution is 5.67. The lowest BCUT2D eigenvalue weighted by molar-refractivity contribution is 0.135. The van der Waals surface area contributed by atoms with E-state index in [4.69, 9.17) is 5.26 Å². The summed E-state index contributed by atoms with van der Waals surface area (Å²) in [4.78, 5) is 19.7. The van der Waals surface area contributed by atoms with Crippen LogP contribution < -0.4 is 5.01 Å². The first-order chi connectivity index (χ1) is 10.8. The Morgan fingerprint density at radius 1 is 1.35 bits per heavy atom. The molecule has 0 saturated carbocycles. The number of nitrogens with zero attached hydrogens (tertiary/aromatic N) is 5. The fourth-order valence-electron chi connectivity index (χ4n) is 2.18. The molecular weight excluding hydrogens is 294 g/mol. The molecular formula is C16H25N5O2. The van der Waals surface area contributed by atoms with E-state index in [0.29, 0.717) is 24.8 Å². The van der Waals surface area contributed by atoms with Crippen molar-refractivity contribution in [2.24, 2.45) is 11.8 Å². The predicted octanol–water partition coefficient (Wildman–Crippen LogP) is 3.14. The van der Waals surface area contributed by atoms with Crippen molar-refractivity contribution in [3.63, 3.8) is 0 Å². The molecule has 23 heavy (non-hydrogen) atoms. The number of carboxylic acid groups (broad SMARTS) is 1. The van der Waals surface area contributed by atoms with Gasteiger partial charge in [0.25, 0.3) is 0 Å². The van der Waals surface area contributed by atoms with Gasteiger partial charge < -0.3 is 5.11 Å². The van der Waals surface area contributed by atoms with Gasteiger partial charge in [0.2, 0.25) is 5.82 Å². The Balaban J connectivity index is 3.04. The van der Waals surface area contributed by atoms with Gasteiger partial charge in [-0.25, -0.2) is 14.8 Å². The Labute approximate surface area is 137 Å². The first kappa shape index (κ1) is 18.7. The minimum Gasteiger partial charge on any atom is -0.464 e. The molecule has 126 valence electrons. The molecule has 1 aromatic rings. The summed E-state index contributed by atoms with van der Waals surface area (Å²) >= 11 is 0. The normalized spacial score (nSPS) is 10.7. The molecule has 0 aliphatic carbocycles. The minimum atomic E-state index is -1.02. The maximum Gasteiger partial charge on any atom is 0.426 e.